The van der Waals surface area contributed by atoms with Gasteiger partial charge >= 0.3 is 0 Å². The molecule has 7 nitrogen and oxygen atoms in total. The molecule has 0 saturated heterocycles. The monoisotopic (exact) mass is 417 g/mol. The normalized spacial score (nSPS) is 14.5. The Morgan fingerprint density at radius 3 is 2.03 bits per heavy atom. The molecule has 0 spiro atoms. The van der Waals surface area contributed by atoms with Gasteiger partial charge in [0.1, 0.15) is 24.4 Å². The van der Waals surface area contributed by atoms with Crippen LogP contribution < -0.4 is 0 Å². The first-order valence-electron chi connectivity index (χ1n) is 8.93. The lowest BCUT2D eigenvalue weighted by atomic mass is 10.0. The molecule has 2 aromatic rings. The molecule has 154 valence electrons. The van der Waals surface area contributed by atoms with Gasteiger partial charge in [0.2, 0.25) is 0 Å². The lowest BCUT2D eigenvalue weighted by molar-refractivity contribution is -0.121. The maximum absolute atomic E-state index is 11.7. The number of ether oxygens (including phenoxy) is 2. The fourth-order valence-electron chi connectivity index (χ4n) is 2.66. The number of hydrogen-bond acceptors (Lipinski definition) is 7. The minimum Gasteiger partial charge on any atom is -0.374 e. The highest BCUT2D eigenvalue weighted by Crippen LogP contribution is 2.18. The van der Waals surface area contributed by atoms with Crippen molar-refractivity contribution >= 4 is 16.4 Å². The summed E-state index contributed by atoms with van der Waals surface area (Å²) in [6.45, 7) is 0.126. The number of nitriles is 1. The predicted octanol–water partition coefficient (Wildman–Crippen LogP) is 2.47. The quantitative estimate of drug-likeness (QED) is 0.386. The van der Waals surface area contributed by atoms with Crippen molar-refractivity contribution in [3.63, 3.8) is 0 Å². The Bertz CT molecular complexity index is 896. The molecular formula is C21H23NO6S. The number of hydrogen-bond donors (Lipinski definition) is 0. The van der Waals surface area contributed by atoms with Crippen molar-refractivity contribution in [3.05, 3.63) is 71.8 Å². The highest BCUT2D eigenvalue weighted by atomic mass is 32.2. The van der Waals surface area contributed by atoms with Crippen LogP contribution >= 0.6 is 0 Å². The van der Waals surface area contributed by atoms with Crippen LogP contribution in [0.15, 0.2) is 60.7 Å². The van der Waals surface area contributed by atoms with E-state index in [1.165, 1.54) is 0 Å². The first-order chi connectivity index (χ1) is 13.9. The van der Waals surface area contributed by atoms with Gasteiger partial charge in [-0.1, -0.05) is 60.7 Å². The lowest BCUT2D eigenvalue weighted by Gasteiger charge is -2.27. The second kappa shape index (κ2) is 11.4. The van der Waals surface area contributed by atoms with E-state index in [0.717, 1.165) is 17.4 Å². The zero-order chi connectivity index (χ0) is 21.1. The van der Waals surface area contributed by atoms with Crippen LogP contribution in [0.3, 0.4) is 0 Å². The first kappa shape index (κ1) is 22.7. The summed E-state index contributed by atoms with van der Waals surface area (Å²) in [6.07, 6.45) is -0.963. The van der Waals surface area contributed by atoms with Gasteiger partial charge in [-0.25, -0.2) is 0 Å². The van der Waals surface area contributed by atoms with Crippen molar-refractivity contribution in [1.29, 1.82) is 5.26 Å². The summed E-state index contributed by atoms with van der Waals surface area (Å²) in [5, 5.41) is 9.34. The molecule has 0 aromatic heterocycles. The maximum Gasteiger partial charge on any atom is 0.264 e. The van der Waals surface area contributed by atoms with Crippen LogP contribution in [0.5, 0.6) is 0 Å². The number of rotatable bonds is 12. The molecule has 29 heavy (non-hydrogen) atoms. The summed E-state index contributed by atoms with van der Waals surface area (Å²) < 4.78 is 40.0. The molecule has 0 saturated carbocycles. The van der Waals surface area contributed by atoms with E-state index in [4.69, 9.17) is 13.7 Å². The molecule has 0 heterocycles. The van der Waals surface area contributed by atoms with Crippen molar-refractivity contribution < 1.29 is 26.9 Å². The fourth-order valence-corrected chi connectivity index (χ4v) is 3.27. The molecule has 0 amide bonds. The van der Waals surface area contributed by atoms with Crippen molar-refractivity contribution in [1.82, 2.24) is 0 Å². The van der Waals surface area contributed by atoms with Gasteiger partial charge in [0.25, 0.3) is 10.1 Å². The minimum atomic E-state index is -3.88. The average Bonchev–Trinajstić information content (AvgIpc) is 2.71. The van der Waals surface area contributed by atoms with Gasteiger partial charge in [0.05, 0.1) is 32.1 Å². The SMILES string of the molecule is CS(=O)(=O)OC(COCc1ccccc1)C(OCc1ccccc1)C(C#N)C=O. The summed E-state index contributed by atoms with van der Waals surface area (Å²) in [6, 6.07) is 20.3. The lowest BCUT2D eigenvalue weighted by Crippen LogP contribution is -2.42. The fraction of sp³-hybridized carbons (Fsp3) is 0.333. The minimum absolute atomic E-state index is 0.0832. The number of nitrogens with zero attached hydrogens (tertiary/aromatic N) is 1. The number of aldehydes is 1. The van der Waals surface area contributed by atoms with Crippen LogP contribution in [0.1, 0.15) is 11.1 Å². The van der Waals surface area contributed by atoms with E-state index < -0.39 is 28.2 Å². The van der Waals surface area contributed by atoms with E-state index in [2.05, 4.69) is 0 Å². The van der Waals surface area contributed by atoms with Crippen molar-refractivity contribution in [2.24, 2.45) is 5.92 Å². The van der Waals surface area contributed by atoms with E-state index in [0.29, 0.717) is 6.29 Å². The Hall–Kier alpha value is -2.57. The molecule has 0 aliphatic heterocycles. The smallest absolute Gasteiger partial charge is 0.264 e. The molecule has 2 aromatic carbocycles. The molecule has 0 bridgehead atoms. The van der Waals surface area contributed by atoms with Gasteiger partial charge in [-0.15, -0.1) is 0 Å². The van der Waals surface area contributed by atoms with Gasteiger partial charge in [-0.05, 0) is 11.1 Å². The second-order valence-electron chi connectivity index (χ2n) is 6.39. The molecule has 8 heteroatoms. The van der Waals surface area contributed by atoms with Gasteiger partial charge in [-0.2, -0.15) is 13.7 Å². The van der Waals surface area contributed by atoms with Crippen LogP contribution in [0.4, 0.5) is 0 Å². The van der Waals surface area contributed by atoms with E-state index in [9.17, 15) is 18.5 Å². The highest BCUT2D eigenvalue weighted by Gasteiger charge is 2.34. The third kappa shape index (κ3) is 8.13. The molecule has 0 radical (unpaired) electrons. The van der Waals surface area contributed by atoms with Crippen LogP contribution in [-0.2, 0) is 41.8 Å². The second-order valence-corrected chi connectivity index (χ2v) is 7.99. The van der Waals surface area contributed by atoms with E-state index in [1.807, 2.05) is 66.7 Å². The largest absolute Gasteiger partial charge is 0.374 e. The Labute approximate surface area is 171 Å². The zero-order valence-corrected chi connectivity index (χ0v) is 16.8. The molecule has 0 fully saturated rings. The first-order valence-corrected chi connectivity index (χ1v) is 10.7. The van der Waals surface area contributed by atoms with Gasteiger partial charge in [0, 0.05) is 0 Å². The van der Waals surface area contributed by atoms with Gasteiger partial charge in [-0.3, -0.25) is 4.18 Å². The van der Waals surface area contributed by atoms with Crippen molar-refractivity contribution in [2.75, 3.05) is 12.9 Å². The van der Waals surface area contributed by atoms with Crippen LogP contribution in [-0.4, -0.2) is 39.8 Å². The Morgan fingerprint density at radius 1 is 1.00 bits per heavy atom. The van der Waals surface area contributed by atoms with Crippen LogP contribution in [0.25, 0.3) is 0 Å². The number of carbonyl (C=O) groups excluding carboxylic acids is 1. The van der Waals surface area contributed by atoms with E-state index in [1.54, 1.807) is 0 Å². The standard InChI is InChI=1S/C21H23NO6S/c1-29(24,25)28-20(16-26-14-17-8-4-2-5-9-17)21(19(12-22)13-23)27-15-18-10-6-3-7-11-18/h2-11,13,19-21H,14-16H2,1H3. The molecule has 3 unspecified atom stereocenters. The summed E-state index contributed by atoms with van der Waals surface area (Å²) in [4.78, 5) is 11.4. The molecule has 3 atom stereocenters. The Balaban J connectivity index is 2.15. The van der Waals surface area contributed by atoms with E-state index >= 15 is 0 Å². The molecule has 0 aliphatic carbocycles. The van der Waals surface area contributed by atoms with E-state index in [-0.39, 0.29) is 19.8 Å². The van der Waals surface area contributed by atoms with Crippen molar-refractivity contribution in [3.8, 4) is 6.07 Å². The molecule has 0 N–H and O–H groups in total. The highest BCUT2D eigenvalue weighted by molar-refractivity contribution is 7.86. The Kier molecular flexibility index (Phi) is 8.96. The molecular weight excluding hydrogens is 394 g/mol. The summed E-state index contributed by atoms with van der Waals surface area (Å²) in [7, 11) is -3.88. The average molecular weight is 417 g/mol. The summed E-state index contributed by atoms with van der Waals surface area (Å²) in [5.74, 6) is -1.22. The molecule has 0 aliphatic rings. The predicted molar refractivity (Wildman–Crippen MR) is 106 cm³/mol. The topological polar surface area (TPSA) is 103 Å². The maximum atomic E-state index is 11.7. The summed E-state index contributed by atoms with van der Waals surface area (Å²) >= 11 is 0. The zero-order valence-electron chi connectivity index (χ0n) is 16.0. The van der Waals surface area contributed by atoms with Gasteiger partial charge in [0.15, 0.2) is 0 Å². The Morgan fingerprint density at radius 2 is 1.55 bits per heavy atom. The van der Waals surface area contributed by atoms with Crippen LogP contribution in [0.2, 0.25) is 0 Å². The summed E-state index contributed by atoms with van der Waals surface area (Å²) in [5.41, 5.74) is 1.70. The third-order valence-corrected chi connectivity index (χ3v) is 4.59. The molecule has 2 rings (SSSR count). The van der Waals surface area contributed by atoms with Gasteiger partial charge < -0.3 is 14.3 Å². The van der Waals surface area contributed by atoms with Crippen LogP contribution in [0, 0.1) is 17.2 Å². The van der Waals surface area contributed by atoms with Crippen molar-refractivity contribution in [2.45, 2.75) is 25.4 Å². The number of benzene rings is 2. The number of carbonyl (C=O) groups is 1. The third-order valence-electron chi connectivity index (χ3n) is 3.99.